The van der Waals surface area contributed by atoms with Gasteiger partial charge in [-0.1, -0.05) is 42.5 Å². The van der Waals surface area contributed by atoms with Crippen LogP contribution in [0.2, 0.25) is 0 Å². The molecule has 2 aromatic rings. The number of nitrogens with zero attached hydrogens (tertiary/aromatic N) is 1. The number of thioether (sulfide) groups is 1. The Morgan fingerprint density at radius 3 is 2.35 bits per heavy atom. The smallest absolute Gasteiger partial charge is 0.166 e. The Labute approximate surface area is 166 Å². The van der Waals surface area contributed by atoms with E-state index in [9.17, 15) is 0 Å². The van der Waals surface area contributed by atoms with Crippen molar-refractivity contribution in [2.24, 2.45) is 0 Å². The van der Waals surface area contributed by atoms with Gasteiger partial charge in [0.2, 0.25) is 0 Å². The normalized spacial score (nSPS) is 14.3. The molecule has 0 saturated carbocycles. The molecule has 1 fully saturated rings. The molecule has 1 saturated heterocycles. The maximum absolute atomic E-state index is 5.37. The van der Waals surface area contributed by atoms with Gasteiger partial charge in [0, 0.05) is 30.3 Å². The SMILES string of the molecule is S=C(NCCSc1ccccc1)NCc1ccc(CN2CCCC2)cc1. The second kappa shape index (κ2) is 10.6. The molecule has 5 heteroatoms. The highest BCUT2D eigenvalue weighted by Gasteiger charge is 2.11. The largest absolute Gasteiger partial charge is 0.362 e. The molecule has 0 amide bonds. The van der Waals surface area contributed by atoms with Crippen LogP contribution < -0.4 is 10.6 Å². The molecule has 3 nitrogen and oxygen atoms in total. The molecule has 138 valence electrons. The maximum Gasteiger partial charge on any atom is 0.166 e. The van der Waals surface area contributed by atoms with Crippen molar-refractivity contribution in [3.05, 3.63) is 65.7 Å². The van der Waals surface area contributed by atoms with Gasteiger partial charge in [-0.3, -0.25) is 4.90 Å². The van der Waals surface area contributed by atoms with Gasteiger partial charge in [-0.15, -0.1) is 11.8 Å². The summed E-state index contributed by atoms with van der Waals surface area (Å²) in [5.41, 5.74) is 2.66. The molecule has 0 unspecified atom stereocenters. The van der Waals surface area contributed by atoms with Crippen molar-refractivity contribution in [1.29, 1.82) is 0 Å². The average molecular weight is 386 g/mol. The Balaban J connectivity index is 1.31. The van der Waals surface area contributed by atoms with E-state index in [1.54, 1.807) is 0 Å². The fraction of sp³-hybridized carbons (Fsp3) is 0.381. The van der Waals surface area contributed by atoms with Gasteiger partial charge in [0.1, 0.15) is 0 Å². The quantitative estimate of drug-likeness (QED) is 0.406. The third-order valence-electron chi connectivity index (χ3n) is 4.48. The zero-order chi connectivity index (χ0) is 18.0. The van der Waals surface area contributed by atoms with Crippen molar-refractivity contribution in [3.63, 3.8) is 0 Å². The van der Waals surface area contributed by atoms with Crippen molar-refractivity contribution in [2.75, 3.05) is 25.4 Å². The van der Waals surface area contributed by atoms with Gasteiger partial charge in [-0.25, -0.2) is 0 Å². The van der Waals surface area contributed by atoms with Crippen molar-refractivity contribution in [2.45, 2.75) is 30.8 Å². The van der Waals surface area contributed by atoms with Crippen LogP contribution in [0, 0.1) is 0 Å². The van der Waals surface area contributed by atoms with Crippen LogP contribution in [0.1, 0.15) is 24.0 Å². The lowest BCUT2D eigenvalue weighted by atomic mass is 10.1. The van der Waals surface area contributed by atoms with E-state index in [-0.39, 0.29) is 0 Å². The van der Waals surface area contributed by atoms with E-state index in [1.807, 2.05) is 17.8 Å². The number of hydrogen-bond donors (Lipinski definition) is 2. The van der Waals surface area contributed by atoms with Crippen molar-refractivity contribution >= 4 is 29.1 Å². The summed E-state index contributed by atoms with van der Waals surface area (Å²) in [4.78, 5) is 3.82. The summed E-state index contributed by atoms with van der Waals surface area (Å²) in [6.07, 6.45) is 2.69. The van der Waals surface area contributed by atoms with Crippen LogP contribution in [0.4, 0.5) is 0 Å². The molecule has 2 N–H and O–H groups in total. The van der Waals surface area contributed by atoms with Gasteiger partial charge in [0.15, 0.2) is 5.11 Å². The lowest BCUT2D eigenvalue weighted by Gasteiger charge is -2.15. The standard InChI is InChI=1S/C21H27N3S2/c25-21(22-12-15-26-20-6-2-1-3-7-20)23-16-18-8-10-19(11-9-18)17-24-13-4-5-14-24/h1-3,6-11H,4-5,12-17H2,(H2,22,23,25). The van der Waals surface area contributed by atoms with Gasteiger partial charge >= 0.3 is 0 Å². The van der Waals surface area contributed by atoms with Crippen LogP contribution >= 0.6 is 24.0 Å². The number of nitrogens with one attached hydrogen (secondary N) is 2. The number of rotatable bonds is 8. The predicted molar refractivity (Wildman–Crippen MR) is 116 cm³/mol. The Bertz CT molecular complexity index is 667. The number of likely N-dealkylation sites (tertiary alicyclic amines) is 1. The third kappa shape index (κ3) is 6.63. The number of benzene rings is 2. The minimum Gasteiger partial charge on any atom is -0.362 e. The Hall–Kier alpha value is -1.56. The zero-order valence-electron chi connectivity index (χ0n) is 15.1. The molecule has 0 aromatic heterocycles. The van der Waals surface area contributed by atoms with E-state index in [4.69, 9.17) is 12.2 Å². The van der Waals surface area contributed by atoms with Crippen LogP contribution in [-0.2, 0) is 13.1 Å². The van der Waals surface area contributed by atoms with E-state index in [0.717, 1.165) is 30.5 Å². The van der Waals surface area contributed by atoms with Crippen LogP contribution in [-0.4, -0.2) is 35.4 Å². The van der Waals surface area contributed by atoms with E-state index in [1.165, 1.54) is 42.0 Å². The summed E-state index contributed by atoms with van der Waals surface area (Å²) in [5.74, 6) is 0.997. The van der Waals surface area contributed by atoms with E-state index < -0.39 is 0 Å². The molecular formula is C21H27N3S2. The van der Waals surface area contributed by atoms with Gasteiger partial charge in [-0.05, 0) is 61.4 Å². The van der Waals surface area contributed by atoms with Gasteiger partial charge in [0.05, 0.1) is 0 Å². The summed E-state index contributed by atoms with van der Waals surface area (Å²) in [6, 6.07) is 19.3. The second-order valence-corrected chi connectivity index (χ2v) is 8.15. The molecular weight excluding hydrogens is 358 g/mol. The van der Waals surface area contributed by atoms with Crippen LogP contribution in [0.25, 0.3) is 0 Å². The minimum atomic E-state index is 0.722. The molecule has 1 aliphatic rings. The lowest BCUT2D eigenvalue weighted by Crippen LogP contribution is -2.36. The van der Waals surface area contributed by atoms with Crippen LogP contribution in [0.5, 0.6) is 0 Å². The van der Waals surface area contributed by atoms with Crippen LogP contribution in [0.3, 0.4) is 0 Å². The molecule has 0 atom stereocenters. The fourth-order valence-electron chi connectivity index (χ4n) is 3.06. The summed E-state index contributed by atoms with van der Waals surface area (Å²) in [7, 11) is 0. The van der Waals surface area contributed by atoms with Crippen molar-refractivity contribution < 1.29 is 0 Å². The molecule has 2 aromatic carbocycles. The lowest BCUT2D eigenvalue weighted by molar-refractivity contribution is 0.331. The predicted octanol–water partition coefficient (Wildman–Crippen LogP) is 4.04. The minimum absolute atomic E-state index is 0.722. The first-order valence-corrected chi connectivity index (χ1v) is 10.7. The summed E-state index contributed by atoms with van der Waals surface area (Å²) >= 11 is 7.20. The first-order valence-electron chi connectivity index (χ1n) is 9.29. The van der Waals surface area contributed by atoms with E-state index >= 15 is 0 Å². The molecule has 0 aliphatic carbocycles. The summed E-state index contributed by atoms with van der Waals surface area (Å²) in [6.45, 7) is 5.19. The Morgan fingerprint density at radius 2 is 1.62 bits per heavy atom. The zero-order valence-corrected chi connectivity index (χ0v) is 16.7. The fourth-order valence-corrected chi connectivity index (χ4v) is 4.02. The van der Waals surface area contributed by atoms with Gasteiger partial charge in [-0.2, -0.15) is 0 Å². The Kier molecular flexibility index (Phi) is 7.80. The highest BCUT2D eigenvalue weighted by molar-refractivity contribution is 7.99. The highest BCUT2D eigenvalue weighted by Crippen LogP contribution is 2.16. The molecule has 3 rings (SSSR count). The summed E-state index contributed by atoms with van der Waals surface area (Å²) < 4.78 is 0. The molecule has 0 bridgehead atoms. The molecule has 0 radical (unpaired) electrons. The van der Waals surface area contributed by atoms with Crippen molar-refractivity contribution in [3.8, 4) is 0 Å². The van der Waals surface area contributed by atoms with Crippen molar-refractivity contribution in [1.82, 2.24) is 15.5 Å². The molecule has 26 heavy (non-hydrogen) atoms. The first kappa shape index (κ1) is 19.2. The van der Waals surface area contributed by atoms with Gasteiger partial charge in [0.25, 0.3) is 0 Å². The second-order valence-electron chi connectivity index (χ2n) is 6.57. The summed E-state index contributed by atoms with van der Waals surface area (Å²) in [5, 5.41) is 7.29. The molecule has 1 aliphatic heterocycles. The molecule has 1 heterocycles. The molecule has 0 spiro atoms. The van der Waals surface area contributed by atoms with E-state index in [2.05, 4.69) is 64.1 Å². The van der Waals surface area contributed by atoms with Gasteiger partial charge < -0.3 is 10.6 Å². The monoisotopic (exact) mass is 385 g/mol. The first-order chi connectivity index (χ1) is 12.8. The maximum atomic E-state index is 5.37. The van der Waals surface area contributed by atoms with Crippen LogP contribution in [0.15, 0.2) is 59.5 Å². The highest BCUT2D eigenvalue weighted by atomic mass is 32.2. The average Bonchev–Trinajstić information content (AvgIpc) is 3.19. The third-order valence-corrected chi connectivity index (χ3v) is 5.78. The number of hydrogen-bond acceptors (Lipinski definition) is 3. The topological polar surface area (TPSA) is 27.3 Å². The van der Waals surface area contributed by atoms with E-state index in [0.29, 0.717) is 0 Å². The number of thiocarbonyl (C=S) groups is 1. The Morgan fingerprint density at radius 1 is 0.923 bits per heavy atom.